The Morgan fingerprint density at radius 1 is 0.963 bits per heavy atom. The lowest BCUT2D eigenvalue weighted by Crippen LogP contribution is -2.47. The summed E-state index contributed by atoms with van der Waals surface area (Å²) < 4.78 is 0. The van der Waals surface area contributed by atoms with E-state index in [0.717, 1.165) is 42.5 Å². The smallest absolute Gasteiger partial charge is 0.286 e. The molecule has 6 heteroatoms. The molecule has 0 bridgehead atoms. The summed E-state index contributed by atoms with van der Waals surface area (Å²) in [5, 5.41) is 10.2. The van der Waals surface area contributed by atoms with Crippen LogP contribution in [0.2, 0.25) is 0 Å². The molecule has 2 aliphatic heterocycles. The molecule has 0 spiro atoms. The number of amides is 1. The zero-order valence-electron chi connectivity index (χ0n) is 15.1. The molecule has 0 aliphatic carbocycles. The Morgan fingerprint density at radius 2 is 1.59 bits per heavy atom. The third kappa shape index (κ3) is 3.71. The van der Waals surface area contributed by atoms with Crippen LogP contribution < -0.4 is 4.90 Å². The van der Waals surface area contributed by atoms with E-state index in [9.17, 15) is 9.90 Å². The number of hydrogen-bond acceptors (Lipinski definition) is 5. The van der Waals surface area contributed by atoms with Crippen molar-refractivity contribution in [2.75, 3.05) is 31.1 Å². The van der Waals surface area contributed by atoms with E-state index in [-0.39, 0.29) is 11.7 Å². The van der Waals surface area contributed by atoms with Crippen molar-refractivity contribution in [2.24, 2.45) is 4.99 Å². The number of rotatable bonds is 2. The average molecular weight is 379 g/mol. The SMILES string of the molecule is C/C(=C1/SC(N2CCN(c3ccccc3)CC2)=NC1=O)c1ccc(O)cc1. The first-order valence-corrected chi connectivity index (χ1v) is 9.79. The Labute approximate surface area is 163 Å². The molecule has 2 heterocycles. The number of hydrogen-bond donors (Lipinski definition) is 1. The second-order valence-corrected chi connectivity index (χ2v) is 7.59. The topological polar surface area (TPSA) is 56.1 Å². The van der Waals surface area contributed by atoms with Crippen LogP contribution in [-0.4, -0.2) is 47.3 Å². The van der Waals surface area contributed by atoms with Gasteiger partial charge in [0.15, 0.2) is 5.17 Å². The molecule has 5 nitrogen and oxygen atoms in total. The number of aliphatic imine (C=N–C) groups is 1. The first kappa shape index (κ1) is 17.7. The number of para-hydroxylation sites is 1. The van der Waals surface area contributed by atoms with Crippen LogP contribution in [0.15, 0.2) is 64.5 Å². The third-order valence-corrected chi connectivity index (χ3v) is 6.11. The maximum atomic E-state index is 12.4. The number of carbonyl (C=O) groups excluding carboxylic acids is 1. The Morgan fingerprint density at radius 3 is 2.26 bits per heavy atom. The highest BCUT2D eigenvalue weighted by Crippen LogP contribution is 2.35. The number of phenolic OH excluding ortho intramolecular Hbond substituents is 1. The first-order chi connectivity index (χ1) is 13.1. The number of amidine groups is 1. The Bertz CT molecular complexity index is 899. The molecular formula is C21H21N3O2S. The molecule has 1 saturated heterocycles. The number of phenols is 1. The van der Waals surface area contributed by atoms with Gasteiger partial charge < -0.3 is 14.9 Å². The summed E-state index contributed by atoms with van der Waals surface area (Å²) in [7, 11) is 0. The molecule has 27 heavy (non-hydrogen) atoms. The number of allylic oxidation sites excluding steroid dienone is 1. The number of thioether (sulfide) groups is 1. The summed E-state index contributed by atoms with van der Waals surface area (Å²) in [6.45, 7) is 5.44. The highest BCUT2D eigenvalue weighted by atomic mass is 32.2. The fraction of sp³-hybridized carbons (Fsp3) is 0.238. The predicted molar refractivity (Wildman–Crippen MR) is 111 cm³/mol. The van der Waals surface area contributed by atoms with Crippen molar-refractivity contribution in [1.29, 1.82) is 0 Å². The molecule has 0 atom stereocenters. The number of aromatic hydroxyl groups is 1. The molecule has 0 unspecified atom stereocenters. The Hall–Kier alpha value is -2.73. The Balaban J connectivity index is 1.44. The predicted octanol–water partition coefficient (Wildman–Crippen LogP) is 3.57. The van der Waals surface area contributed by atoms with E-state index < -0.39 is 0 Å². The van der Waals surface area contributed by atoms with Crippen LogP contribution in [0, 0.1) is 0 Å². The molecule has 0 saturated carbocycles. The van der Waals surface area contributed by atoms with Crippen molar-refractivity contribution in [3.05, 3.63) is 65.1 Å². The van der Waals surface area contributed by atoms with E-state index in [1.807, 2.05) is 25.1 Å². The number of benzene rings is 2. The van der Waals surface area contributed by atoms with Gasteiger partial charge >= 0.3 is 0 Å². The van der Waals surface area contributed by atoms with Crippen LogP contribution >= 0.6 is 11.8 Å². The van der Waals surface area contributed by atoms with Gasteiger partial charge in [-0.05, 0) is 54.1 Å². The van der Waals surface area contributed by atoms with Gasteiger partial charge in [-0.2, -0.15) is 4.99 Å². The zero-order valence-corrected chi connectivity index (χ0v) is 15.9. The van der Waals surface area contributed by atoms with Crippen molar-refractivity contribution in [1.82, 2.24) is 4.90 Å². The van der Waals surface area contributed by atoms with E-state index in [1.165, 1.54) is 17.4 Å². The minimum atomic E-state index is -0.175. The van der Waals surface area contributed by atoms with Crippen molar-refractivity contribution in [2.45, 2.75) is 6.92 Å². The van der Waals surface area contributed by atoms with E-state index >= 15 is 0 Å². The summed E-state index contributed by atoms with van der Waals surface area (Å²) in [6.07, 6.45) is 0. The van der Waals surface area contributed by atoms with Crippen LogP contribution in [0.1, 0.15) is 12.5 Å². The third-order valence-electron chi connectivity index (χ3n) is 4.90. The molecule has 138 valence electrons. The quantitative estimate of drug-likeness (QED) is 0.809. The zero-order chi connectivity index (χ0) is 18.8. The van der Waals surface area contributed by atoms with Gasteiger partial charge in [-0.3, -0.25) is 4.79 Å². The van der Waals surface area contributed by atoms with Crippen molar-refractivity contribution >= 4 is 34.1 Å². The normalized spacial score (nSPS) is 19.3. The molecule has 0 radical (unpaired) electrons. The van der Waals surface area contributed by atoms with Crippen molar-refractivity contribution in [3.8, 4) is 5.75 Å². The van der Waals surface area contributed by atoms with E-state index in [0.29, 0.717) is 4.91 Å². The van der Waals surface area contributed by atoms with Crippen LogP contribution in [0.3, 0.4) is 0 Å². The molecular weight excluding hydrogens is 358 g/mol. The molecule has 1 N–H and O–H groups in total. The summed E-state index contributed by atoms with van der Waals surface area (Å²) in [4.78, 5) is 22.0. The molecule has 4 rings (SSSR count). The van der Waals surface area contributed by atoms with E-state index in [4.69, 9.17) is 0 Å². The van der Waals surface area contributed by atoms with Gasteiger partial charge in [-0.1, -0.05) is 30.3 Å². The first-order valence-electron chi connectivity index (χ1n) is 8.98. The van der Waals surface area contributed by atoms with Gasteiger partial charge in [0.1, 0.15) is 5.75 Å². The van der Waals surface area contributed by atoms with Crippen LogP contribution in [0.5, 0.6) is 5.75 Å². The molecule has 2 aromatic carbocycles. The molecule has 0 aromatic heterocycles. The average Bonchev–Trinajstić information content (AvgIpc) is 3.10. The van der Waals surface area contributed by atoms with Gasteiger partial charge in [-0.25, -0.2) is 0 Å². The highest BCUT2D eigenvalue weighted by Gasteiger charge is 2.30. The number of carbonyl (C=O) groups is 1. The van der Waals surface area contributed by atoms with Crippen molar-refractivity contribution in [3.63, 3.8) is 0 Å². The summed E-state index contributed by atoms with van der Waals surface area (Å²) in [5.41, 5.74) is 3.05. The molecule has 1 amide bonds. The van der Waals surface area contributed by atoms with Gasteiger partial charge in [0.05, 0.1) is 4.91 Å². The molecule has 2 aliphatic rings. The summed E-state index contributed by atoms with van der Waals surface area (Å²) in [6, 6.07) is 17.3. The maximum Gasteiger partial charge on any atom is 0.286 e. The van der Waals surface area contributed by atoms with Gasteiger partial charge in [0.25, 0.3) is 5.91 Å². The number of anilines is 1. The van der Waals surface area contributed by atoms with Crippen LogP contribution in [0.25, 0.3) is 5.57 Å². The van der Waals surface area contributed by atoms with Gasteiger partial charge in [0.2, 0.25) is 0 Å². The second-order valence-electron chi connectivity index (χ2n) is 6.61. The largest absolute Gasteiger partial charge is 0.508 e. The highest BCUT2D eigenvalue weighted by molar-refractivity contribution is 8.18. The van der Waals surface area contributed by atoms with Crippen LogP contribution in [-0.2, 0) is 4.79 Å². The number of nitrogens with zero attached hydrogens (tertiary/aromatic N) is 3. The fourth-order valence-corrected chi connectivity index (χ4v) is 4.33. The minimum absolute atomic E-state index is 0.175. The minimum Gasteiger partial charge on any atom is -0.508 e. The monoisotopic (exact) mass is 379 g/mol. The summed E-state index contributed by atoms with van der Waals surface area (Å²) >= 11 is 1.45. The lowest BCUT2D eigenvalue weighted by molar-refractivity contribution is -0.113. The lowest BCUT2D eigenvalue weighted by atomic mass is 10.1. The van der Waals surface area contributed by atoms with Crippen LogP contribution in [0.4, 0.5) is 5.69 Å². The maximum absolute atomic E-state index is 12.4. The number of piperazine rings is 1. The molecule has 2 aromatic rings. The van der Waals surface area contributed by atoms with Gasteiger partial charge in [-0.15, -0.1) is 0 Å². The standard InChI is InChI=1S/C21H21N3O2S/c1-15(16-7-9-18(25)10-8-16)19-20(26)22-21(27-19)24-13-11-23(12-14-24)17-5-3-2-4-6-17/h2-10,25H,11-14H2,1H3/b19-15-. The second kappa shape index (κ2) is 7.48. The molecule has 1 fully saturated rings. The van der Waals surface area contributed by atoms with E-state index in [1.54, 1.807) is 12.1 Å². The fourth-order valence-electron chi connectivity index (χ4n) is 3.30. The van der Waals surface area contributed by atoms with E-state index in [2.05, 4.69) is 39.1 Å². The van der Waals surface area contributed by atoms with Crippen molar-refractivity contribution < 1.29 is 9.90 Å². The Kier molecular flexibility index (Phi) is 4.90. The lowest BCUT2D eigenvalue weighted by Gasteiger charge is -2.36. The van der Waals surface area contributed by atoms with Gasteiger partial charge in [0, 0.05) is 31.9 Å². The summed E-state index contributed by atoms with van der Waals surface area (Å²) in [5.74, 6) is 0.0428.